The van der Waals surface area contributed by atoms with Crippen LogP contribution in [0.1, 0.15) is 11.1 Å². The topological polar surface area (TPSA) is 118 Å². The lowest BCUT2D eigenvalue weighted by atomic mass is 10.1. The second-order valence-corrected chi connectivity index (χ2v) is 5.75. The summed E-state index contributed by atoms with van der Waals surface area (Å²) in [5.41, 5.74) is 0.982. The molecule has 0 aliphatic rings. The monoisotopic (exact) mass is 396 g/mol. The van der Waals surface area contributed by atoms with Gasteiger partial charge in [-0.1, -0.05) is 18.2 Å². The van der Waals surface area contributed by atoms with Crippen LogP contribution in [-0.2, 0) is 16.1 Å². The van der Waals surface area contributed by atoms with Crippen LogP contribution in [0.2, 0.25) is 0 Å². The van der Waals surface area contributed by atoms with Crippen LogP contribution in [0.3, 0.4) is 0 Å². The fourth-order valence-electron chi connectivity index (χ4n) is 2.44. The number of rotatable bonds is 9. The largest absolute Gasteiger partial charge is 0.497 e. The number of benzene rings is 2. The van der Waals surface area contributed by atoms with E-state index in [-0.39, 0.29) is 17.9 Å². The minimum absolute atomic E-state index is 0.141. The molecule has 0 radical (unpaired) electrons. The highest BCUT2D eigenvalue weighted by Gasteiger charge is 2.13. The number of ether oxygens (including phenoxy) is 3. The molecular formula is C21H20N2O6. The predicted octanol–water partition coefficient (Wildman–Crippen LogP) is 2.39. The number of para-hydroxylation sites is 1. The molecule has 0 atom stereocenters. The minimum atomic E-state index is -1.13. The number of nitriles is 1. The van der Waals surface area contributed by atoms with Crippen molar-refractivity contribution in [2.75, 3.05) is 20.8 Å². The Hall–Kier alpha value is -3.99. The number of carboxylic acids is 1. The summed E-state index contributed by atoms with van der Waals surface area (Å²) in [7, 11) is 3.05. The SMILES string of the molecule is COc1ccc(CNC(=O)/C(C#N)=C/c2ccccc2OCC(=O)O)c(OC)c1. The van der Waals surface area contributed by atoms with Crippen molar-refractivity contribution in [3.63, 3.8) is 0 Å². The molecule has 2 N–H and O–H groups in total. The Morgan fingerprint density at radius 2 is 1.90 bits per heavy atom. The molecule has 0 aromatic heterocycles. The molecule has 29 heavy (non-hydrogen) atoms. The molecule has 8 nitrogen and oxygen atoms in total. The summed E-state index contributed by atoms with van der Waals surface area (Å²) in [6.07, 6.45) is 1.35. The molecule has 150 valence electrons. The van der Waals surface area contributed by atoms with E-state index in [2.05, 4.69) is 5.32 Å². The number of methoxy groups -OCH3 is 2. The van der Waals surface area contributed by atoms with Crippen molar-refractivity contribution >= 4 is 18.0 Å². The predicted molar refractivity (Wildman–Crippen MR) is 105 cm³/mol. The first-order valence-electron chi connectivity index (χ1n) is 8.53. The van der Waals surface area contributed by atoms with Crippen LogP contribution in [0, 0.1) is 11.3 Å². The van der Waals surface area contributed by atoms with Crippen molar-refractivity contribution in [3.8, 4) is 23.3 Å². The Morgan fingerprint density at radius 3 is 2.55 bits per heavy atom. The van der Waals surface area contributed by atoms with E-state index < -0.39 is 18.5 Å². The highest BCUT2D eigenvalue weighted by molar-refractivity contribution is 6.02. The van der Waals surface area contributed by atoms with Crippen LogP contribution in [0.5, 0.6) is 17.2 Å². The van der Waals surface area contributed by atoms with Crippen molar-refractivity contribution in [2.24, 2.45) is 0 Å². The van der Waals surface area contributed by atoms with Crippen LogP contribution in [0.4, 0.5) is 0 Å². The Bertz CT molecular complexity index is 962. The summed E-state index contributed by atoms with van der Waals surface area (Å²) in [5, 5.41) is 20.8. The van der Waals surface area contributed by atoms with Gasteiger partial charge in [-0.3, -0.25) is 4.79 Å². The van der Waals surface area contributed by atoms with Crippen LogP contribution in [0.25, 0.3) is 6.08 Å². The lowest BCUT2D eigenvalue weighted by molar-refractivity contribution is -0.139. The van der Waals surface area contributed by atoms with Crippen molar-refractivity contribution in [1.29, 1.82) is 5.26 Å². The number of aliphatic carboxylic acids is 1. The molecule has 1 amide bonds. The second kappa shape index (κ2) is 10.4. The molecule has 8 heteroatoms. The first kappa shape index (κ1) is 21.3. The molecule has 0 heterocycles. The number of amides is 1. The van der Waals surface area contributed by atoms with E-state index in [9.17, 15) is 14.9 Å². The first-order valence-corrected chi connectivity index (χ1v) is 8.53. The molecule has 0 bridgehead atoms. The summed E-state index contributed by atoms with van der Waals surface area (Å²) in [6, 6.07) is 13.6. The summed E-state index contributed by atoms with van der Waals surface area (Å²) >= 11 is 0. The highest BCUT2D eigenvalue weighted by Crippen LogP contribution is 2.25. The van der Waals surface area contributed by atoms with Gasteiger partial charge in [0.15, 0.2) is 6.61 Å². The first-order chi connectivity index (χ1) is 14.0. The Balaban J connectivity index is 2.16. The van der Waals surface area contributed by atoms with E-state index in [1.54, 1.807) is 42.5 Å². The molecule has 0 aliphatic carbocycles. The van der Waals surface area contributed by atoms with Crippen molar-refractivity contribution in [3.05, 3.63) is 59.2 Å². The Morgan fingerprint density at radius 1 is 1.14 bits per heavy atom. The number of hydrogen-bond acceptors (Lipinski definition) is 6. The molecular weight excluding hydrogens is 376 g/mol. The maximum absolute atomic E-state index is 12.4. The number of nitrogens with one attached hydrogen (secondary N) is 1. The van der Waals surface area contributed by atoms with Crippen LogP contribution < -0.4 is 19.5 Å². The number of hydrogen-bond donors (Lipinski definition) is 2. The molecule has 0 saturated carbocycles. The quantitative estimate of drug-likeness (QED) is 0.493. The van der Waals surface area contributed by atoms with Gasteiger partial charge in [0.25, 0.3) is 5.91 Å². The van der Waals surface area contributed by atoms with Gasteiger partial charge in [0.1, 0.15) is 28.9 Å². The molecule has 0 spiro atoms. The van der Waals surface area contributed by atoms with E-state index in [1.807, 2.05) is 6.07 Å². The average molecular weight is 396 g/mol. The van der Waals surface area contributed by atoms with Gasteiger partial charge in [-0.25, -0.2) is 4.79 Å². The van der Waals surface area contributed by atoms with Gasteiger partial charge in [0.2, 0.25) is 0 Å². The highest BCUT2D eigenvalue weighted by atomic mass is 16.5. The molecule has 0 aliphatic heterocycles. The maximum atomic E-state index is 12.4. The maximum Gasteiger partial charge on any atom is 0.341 e. The van der Waals surface area contributed by atoms with Crippen LogP contribution in [0.15, 0.2) is 48.0 Å². The molecule has 0 unspecified atom stereocenters. The third kappa shape index (κ3) is 6.01. The van der Waals surface area contributed by atoms with Crippen LogP contribution >= 0.6 is 0 Å². The average Bonchev–Trinajstić information content (AvgIpc) is 2.74. The number of carbonyl (C=O) groups excluding carboxylic acids is 1. The number of nitrogens with zero attached hydrogens (tertiary/aromatic N) is 1. The van der Waals surface area contributed by atoms with E-state index in [0.29, 0.717) is 22.6 Å². The lowest BCUT2D eigenvalue weighted by Crippen LogP contribution is -2.24. The zero-order valence-corrected chi connectivity index (χ0v) is 16.0. The normalized spacial score (nSPS) is 10.6. The summed E-state index contributed by atoms with van der Waals surface area (Å²) in [4.78, 5) is 23.2. The van der Waals surface area contributed by atoms with Crippen LogP contribution in [-0.4, -0.2) is 37.8 Å². The molecule has 0 fully saturated rings. The van der Waals surface area contributed by atoms with Gasteiger partial charge in [-0.15, -0.1) is 0 Å². The van der Waals surface area contributed by atoms with E-state index in [4.69, 9.17) is 19.3 Å². The van der Waals surface area contributed by atoms with E-state index >= 15 is 0 Å². The summed E-state index contributed by atoms with van der Waals surface area (Å²) in [5.74, 6) is -0.298. The zero-order chi connectivity index (χ0) is 21.2. The van der Waals surface area contributed by atoms with Gasteiger partial charge < -0.3 is 24.6 Å². The van der Waals surface area contributed by atoms with Gasteiger partial charge in [0, 0.05) is 23.7 Å². The minimum Gasteiger partial charge on any atom is -0.497 e. The molecule has 0 saturated heterocycles. The standard InChI is InChI=1S/C21H20N2O6/c1-27-17-8-7-15(19(10-17)28-2)12-23-21(26)16(11-22)9-14-5-3-4-6-18(14)29-13-20(24)25/h3-10H,12-13H2,1-2H3,(H,23,26)(H,24,25)/b16-9+. The summed E-state index contributed by atoms with van der Waals surface area (Å²) < 4.78 is 15.6. The number of carbonyl (C=O) groups is 2. The van der Waals surface area contributed by atoms with Crippen molar-refractivity contribution in [2.45, 2.75) is 6.54 Å². The van der Waals surface area contributed by atoms with Gasteiger partial charge in [-0.2, -0.15) is 5.26 Å². The lowest BCUT2D eigenvalue weighted by Gasteiger charge is -2.11. The third-order valence-corrected chi connectivity index (χ3v) is 3.87. The smallest absolute Gasteiger partial charge is 0.341 e. The third-order valence-electron chi connectivity index (χ3n) is 3.87. The van der Waals surface area contributed by atoms with E-state index in [0.717, 1.165) is 0 Å². The summed E-state index contributed by atoms with van der Waals surface area (Å²) in [6.45, 7) is -0.390. The Kier molecular flexibility index (Phi) is 7.62. The van der Waals surface area contributed by atoms with Gasteiger partial charge in [-0.05, 0) is 24.3 Å². The van der Waals surface area contributed by atoms with Crippen molar-refractivity contribution < 1.29 is 28.9 Å². The molecule has 2 rings (SSSR count). The van der Waals surface area contributed by atoms with Crippen molar-refractivity contribution in [1.82, 2.24) is 5.32 Å². The molecule has 2 aromatic carbocycles. The zero-order valence-electron chi connectivity index (χ0n) is 16.0. The van der Waals surface area contributed by atoms with Gasteiger partial charge in [0.05, 0.1) is 14.2 Å². The van der Waals surface area contributed by atoms with E-state index in [1.165, 1.54) is 20.3 Å². The fraction of sp³-hybridized carbons (Fsp3) is 0.190. The Labute approximate surface area is 167 Å². The van der Waals surface area contributed by atoms with Gasteiger partial charge >= 0.3 is 5.97 Å². The number of carboxylic acid groups (broad SMARTS) is 1. The second-order valence-electron chi connectivity index (χ2n) is 5.75. The molecule has 2 aromatic rings. The fourth-order valence-corrected chi connectivity index (χ4v) is 2.44.